The van der Waals surface area contributed by atoms with Crippen molar-refractivity contribution in [3.8, 4) is 17.1 Å². The Morgan fingerprint density at radius 1 is 1.15 bits per heavy atom. The number of benzene rings is 1. The van der Waals surface area contributed by atoms with Crippen LogP contribution in [0.15, 0.2) is 42.6 Å². The third kappa shape index (κ3) is 2.02. The maximum atomic E-state index is 6.14. The van der Waals surface area contributed by atoms with E-state index in [1.165, 1.54) is 0 Å². The van der Waals surface area contributed by atoms with Crippen LogP contribution in [0, 0.1) is 6.92 Å². The fourth-order valence-electron chi connectivity index (χ4n) is 1.98. The molecule has 2 aromatic heterocycles. The summed E-state index contributed by atoms with van der Waals surface area (Å²) in [5.41, 5.74) is 9.10. The van der Waals surface area contributed by atoms with E-state index in [0.29, 0.717) is 22.2 Å². The normalized spacial score (nSPS) is 10.7. The molecule has 5 nitrogen and oxygen atoms in total. The lowest BCUT2D eigenvalue weighted by Crippen LogP contribution is -2.04. The van der Waals surface area contributed by atoms with Gasteiger partial charge in [0.05, 0.1) is 11.4 Å². The van der Waals surface area contributed by atoms with E-state index in [1.54, 1.807) is 10.9 Å². The molecule has 0 radical (unpaired) electrons. The Kier molecular flexibility index (Phi) is 3.12. The third-order valence-electron chi connectivity index (χ3n) is 3.08. The number of aromatic nitrogens is 4. The molecule has 20 heavy (non-hydrogen) atoms. The minimum absolute atomic E-state index is 0.439. The molecule has 0 unspecified atom stereocenters. The Morgan fingerprint density at radius 2 is 2.00 bits per heavy atom. The number of hydrogen-bond acceptors (Lipinski definition) is 4. The average molecular weight is 286 g/mol. The monoisotopic (exact) mass is 285 g/mol. The lowest BCUT2D eigenvalue weighted by atomic mass is 10.2. The highest BCUT2D eigenvalue weighted by Crippen LogP contribution is 2.27. The second kappa shape index (κ2) is 4.94. The molecular formula is C14H12ClN5. The number of halogens is 1. The zero-order valence-electron chi connectivity index (χ0n) is 10.8. The molecule has 2 N–H and O–H groups in total. The Balaban J connectivity index is 2.14. The SMILES string of the molecule is Cc1c(Cl)cccc1-n1nnc(-c2ccccn2)c1N. The van der Waals surface area contributed by atoms with Crippen LogP contribution in [0.4, 0.5) is 5.82 Å². The summed E-state index contributed by atoms with van der Waals surface area (Å²) in [7, 11) is 0. The molecule has 0 bridgehead atoms. The summed E-state index contributed by atoms with van der Waals surface area (Å²) in [6, 6.07) is 11.1. The molecule has 3 aromatic rings. The van der Waals surface area contributed by atoms with Crippen molar-refractivity contribution in [1.29, 1.82) is 0 Å². The molecule has 2 heterocycles. The molecule has 0 saturated heterocycles. The van der Waals surface area contributed by atoms with Gasteiger partial charge in [0.25, 0.3) is 0 Å². The van der Waals surface area contributed by atoms with Gasteiger partial charge in [-0.2, -0.15) is 4.68 Å². The maximum Gasteiger partial charge on any atom is 0.157 e. The van der Waals surface area contributed by atoms with Gasteiger partial charge in [-0.1, -0.05) is 28.9 Å². The van der Waals surface area contributed by atoms with Crippen LogP contribution in [-0.2, 0) is 0 Å². The van der Waals surface area contributed by atoms with Crippen molar-refractivity contribution in [2.45, 2.75) is 6.92 Å². The highest BCUT2D eigenvalue weighted by Gasteiger charge is 2.15. The maximum absolute atomic E-state index is 6.14. The van der Waals surface area contributed by atoms with Crippen molar-refractivity contribution in [2.24, 2.45) is 0 Å². The first-order valence-electron chi connectivity index (χ1n) is 6.06. The zero-order valence-corrected chi connectivity index (χ0v) is 11.5. The summed E-state index contributed by atoms with van der Waals surface area (Å²) in [5.74, 6) is 0.439. The largest absolute Gasteiger partial charge is 0.382 e. The smallest absolute Gasteiger partial charge is 0.157 e. The van der Waals surface area contributed by atoms with Crippen LogP contribution in [0.25, 0.3) is 17.1 Å². The van der Waals surface area contributed by atoms with Crippen molar-refractivity contribution in [3.63, 3.8) is 0 Å². The van der Waals surface area contributed by atoms with Crippen molar-refractivity contribution < 1.29 is 0 Å². The van der Waals surface area contributed by atoms with Gasteiger partial charge in [0.2, 0.25) is 0 Å². The summed E-state index contributed by atoms with van der Waals surface area (Å²) >= 11 is 6.13. The Hall–Kier alpha value is -2.40. The molecule has 100 valence electrons. The van der Waals surface area contributed by atoms with E-state index < -0.39 is 0 Å². The van der Waals surface area contributed by atoms with E-state index >= 15 is 0 Å². The Labute approximate surface area is 121 Å². The number of nitrogens with two attached hydrogens (primary N) is 1. The van der Waals surface area contributed by atoms with E-state index in [9.17, 15) is 0 Å². The Bertz CT molecular complexity index is 752. The van der Waals surface area contributed by atoms with Gasteiger partial charge in [0.15, 0.2) is 11.5 Å². The molecule has 6 heteroatoms. The first-order valence-corrected chi connectivity index (χ1v) is 6.44. The second-order valence-corrected chi connectivity index (χ2v) is 4.74. The molecule has 0 atom stereocenters. The molecule has 0 spiro atoms. The first kappa shape index (κ1) is 12.6. The van der Waals surface area contributed by atoms with Gasteiger partial charge in [-0.25, -0.2) is 0 Å². The highest BCUT2D eigenvalue weighted by atomic mass is 35.5. The molecule has 0 fully saturated rings. The van der Waals surface area contributed by atoms with E-state index in [0.717, 1.165) is 11.3 Å². The fourth-order valence-corrected chi connectivity index (χ4v) is 2.15. The summed E-state index contributed by atoms with van der Waals surface area (Å²) in [6.07, 6.45) is 1.69. The van der Waals surface area contributed by atoms with Crippen LogP contribution in [0.3, 0.4) is 0 Å². The minimum atomic E-state index is 0.439. The van der Waals surface area contributed by atoms with Crippen molar-refractivity contribution >= 4 is 17.4 Å². The third-order valence-corrected chi connectivity index (χ3v) is 3.49. The molecule has 1 aromatic carbocycles. The number of nitrogen functional groups attached to an aromatic ring is 1. The minimum Gasteiger partial charge on any atom is -0.382 e. The molecule has 0 aliphatic rings. The average Bonchev–Trinajstić information content (AvgIpc) is 2.85. The van der Waals surface area contributed by atoms with E-state index in [2.05, 4.69) is 15.3 Å². The zero-order chi connectivity index (χ0) is 14.1. The van der Waals surface area contributed by atoms with Gasteiger partial charge in [-0.05, 0) is 36.8 Å². The number of hydrogen-bond donors (Lipinski definition) is 1. The van der Waals surface area contributed by atoms with Gasteiger partial charge in [0.1, 0.15) is 0 Å². The van der Waals surface area contributed by atoms with Gasteiger partial charge in [0, 0.05) is 11.2 Å². The van der Waals surface area contributed by atoms with Crippen LogP contribution in [0.2, 0.25) is 5.02 Å². The number of anilines is 1. The molecular weight excluding hydrogens is 274 g/mol. The second-order valence-electron chi connectivity index (χ2n) is 4.33. The molecule has 0 amide bonds. The molecule has 0 aliphatic carbocycles. The van der Waals surface area contributed by atoms with E-state index in [4.69, 9.17) is 17.3 Å². The topological polar surface area (TPSA) is 69.6 Å². The first-order chi connectivity index (χ1) is 9.68. The van der Waals surface area contributed by atoms with Crippen LogP contribution in [0.5, 0.6) is 0 Å². The van der Waals surface area contributed by atoms with Gasteiger partial charge in [-0.15, -0.1) is 5.10 Å². The predicted octanol–water partition coefficient (Wildman–Crippen LogP) is 2.87. The standard InChI is InChI=1S/C14H12ClN5/c1-9-10(15)5-4-7-12(9)20-14(16)13(18-19-20)11-6-2-3-8-17-11/h2-8H,16H2,1H3. The summed E-state index contributed by atoms with van der Waals surface area (Å²) < 4.78 is 1.57. The molecule has 3 rings (SSSR count). The molecule has 0 aliphatic heterocycles. The number of nitrogens with zero attached hydrogens (tertiary/aromatic N) is 4. The van der Waals surface area contributed by atoms with E-state index in [1.807, 2.05) is 43.3 Å². The van der Waals surface area contributed by atoms with Crippen molar-refractivity contribution in [2.75, 3.05) is 5.73 Å². The van der Waals surface area contributed by atoms with Gasteiger partial charge >= 0.3 is 0 Å². The summed E-state index contributed by atoms with van der Waals surface area (Å²) in [6.45, 7) is 1.92. The fraction of sp³-hybridized carbons (Fsp3) is 0.0714. The van der Waals surface area contributed by atoms with Crippen LogP contribution in [0.1, 0.15) is 5.56 Å². The summed E-state index contributed by atoms with van der Waals surface area (Å²) in [5, 5.41) is 8.89. The lowest BCUT2D eigenvalue weighted by molar-refractivity contribution is 0.805. The van der Waals surface area contributed by atoms with Crippen molar-refractivity contribution in [3.05, 3.63) is 53.2 Å². The molecule has 0 saturated carbocycles. The van der Waals surface area contributed by atoms with Crippen LogP contribution < -0.4 is 5.73 Å². The highest BCUT2D eigenvalue weighted by molar-refractivity contribution is 6.31. The van der Waals surface area contributed by atoms with Crippen LogP contribution >= 0.6 is 11.6 Å². The van der Waals surface area contributed by atoms with Crippen molar-refractivity contribution in [1.82, 2.24) is 20.0 Å². The lowest BCUT2D eigenvalue weighted by Gasteiger charge is -2.08. The van der Waals surface area contributed by atoms with Gasteiger partial charge in [-0.3, -0.25) is 4.98 Å². The quantitative estimate of drug-likeness (QED) is 0.786. The number of rotatable bonds is 2. The van der Waals surface area contributed by atoms with E-state index in [-0.39, 0.29) is 0 Å². The predicted molar refractivity (Wildman–Crippen MR) is 78.7 cm³/mol. The van der Waals surface area contributed by atoms with Gasteiger partial charge < -0.3 is 5.73 Å². The Morgan fingerprint density at radius 3 is 2.75 bits per heavy atom. The van der Waals surface area contributed by atoms with Crippen LogP contribution in [-0.4, -0.2) is 20.0 Å². The number of pyridine rings is 1. The summed E-state index contributed by atoms with van der Waals surface area (Å²) in [4.78, 5) is 4.23.